The Labute approximate surface area is 105 Å². The van der Waals surface area contributed by atoms with Crippen molar-refractivity contribution < 1.29 is 8.42 Å². The largest absolute Gasteiger partial charge is 0.251 e. The SMILES string of the molecule is CCC(NS(=O)(=O)c1cnc(Cl)s1)C(C)C. The predicted molar refractivity (Wildman–Crippen MR) is 66.4 cm³/mol. The van der Waals surface area contributed by atoms with Crippen molar-refractivity contribution in [2.24, 2.45) is 5.92 Å². The zero-order valence-electron chi connectivity index (χ0n) is 9.40. The molecule has 92 valence electrons. The van der Waals surface area contributed by atoms with Gasteiger partial charge in [0.25, 0.3) is 10.0 Å². The number of sulfonamides is 1. The van der Waals surface area contributed by atoms with Crippen LogP contribution in [0.3, 0.4) is 0 Å². The molecule has 16 heavy (non-hydrogen) atoms. The molecular weight excluding hydrogens is 268 g/mol. The lowest BCUT2D eigenvalue weighted by Gasteiger charge is -2.19. The second-order valence-corrected chi connectivity index (χ2v) is 7.37. The van der Waals surface area contributed by atoms with Gasteiger partial charge in [-0.15, -0.1) is 0 Å². The molecule has 1 rings (SSSR count). The number of thiazole rings is 1. The molecule has 0 aromatic carbocycles. The lowest BCUT2D eigenvalue weighted by molar-refractivity contribution is 0.438. The van der Waals surface area contributed by atoms with Crippen molar-refractivity contribution in [3.05, 3.63) is 10.7 Å². The van der Waals surface area contributed by atoms with E-state index in [1.54, 1.807) is 0 Å². The minimum atomic E-state index is -3.47. The van der Waals surface area contributed by atoms with Gasteiger partial charge in [-0.05, 0) is 12.3 Å². The summed E-state index contributed by atoms with van der Waals surface area (Å²) in [6.45, 7) is 5.92. The molecule has 0 bridgehead atoms. The van der Waals surface area contributed by atoms with Gasteiger partial charge in [0.2, 0.25) is 0 Å². The first-order chi connectivity index (χ1) is 7.36. The average molecular weight is 283 g/mol. The fourth-order valence-electron chi connectivity index (χ4n) is 1.31. The van der Waals surface area contributed by atoms with E-state index in [4.69, 9.17) is 11.6 Å². The molecule has 1 heterocycles. The van der Waals surface area contributed by atoms with Crippen molar-refractivity contribution in [3.8, 4) is 0 Å². The van der Waals surface area contributed by atoms with Crippen LogP contribution in [0.2, 0.25) is 4.47 Å². The number of nitrogens with zero attached hydrogens (tertiary/aromatic N) is 1. The smallest absolute Gasteiger partial charge is 0.232 e. The van der Waals surface area contributed by atoms with Crippen molar-refractivity contribution in [2.45, 2.75) is 37.4 Å². The summed E-state index contributed by atoms with van der Waals surface area (Å²) in [5.41, 5.74) is 0. The number of aromatic nitrogens is 1. The molecule has 1 N–H and O–H groups in total. The van der Waals surface area contributed by atoms with Gasteiger partial charge in [0, 0.05) is 6.04 Å². The Kier molecular flexibility index (Phi) is 4.73. The van der Waals surface area contributed by atoms with Gasteiger partial charge < -0.3 is 0 Å². The maximum atomic E-state index is 11.9. The van der Waals surface area contributed by atoms with E-state index >= 15 is 0 Å². The molecule has 0 fully saturated rings. The van der Waals surface area contributed by atoms with E-state index in [0.717, 1.165) is 17.8 Å². The fraction of sp³-hybridized carbons (Fsp3) is 0.667. The zero-order valence-corrected chi connectivity index (χ0v) is 11.8. The summed E-state index contributed by atoms with van der Waals surface area (Å²) in [5, 5.41) is 0. The van der Waals surface area contributed by atoms with Crippen molar-refractivity contribution >= 4 is 33.0 Å². The van der Waals surface area contributed by atoms with Crippen LogP contribution in [-0.2, 0) is 10.0 Å². The third-order valence-electron chi connectivity index (χ3n) is 2.27. The van der Waals surface area contributed by atoms with Crippen LogP contribution in [0.25, 0.3) is 0 Å². The van der Waals surface area contributed by atoms with E-state index in [2.05, 4.69) is 9.71 Å². The first-order valence-corrected chi connectivity index (χ1v) is 7.68. The molecule has 1 atom stereocenters. The Balaban J connectivity index is 2.87. The molecule has 0 saturated heterocycles. The summed E-state index contributed by atoms with van der Waals surface area (Å²) in [5.74, 6) is 0.253. The molecular formula is C9H15ClN2O2S2. The van der Waals surface area contributed by atoms with E-state index in [0.29, 0.717) is 0 Å². The van der Waals surface area contributed by atoms with Crippen molar-refractivity contribution in [2.75, 3.05) is 0 Å². The summed E-state index contributed by atoms with van der Waals surface area (Å²) in [7, 11) is -3.47. The summed E-state index contributed by atoms with van der Waals surface area (Å²) >= 11 is 6.58. The van der Waals surface area contributed by atoms with Gasteiger partial charge >= 0.3 is 0 Å². The van der Waals surface area contributed by atoms with Crippen LogP contribution in [-0.4, -0.2) is 19.4 Å². The Bertz CT molecular complexity index is 442. The number of hydrogen-bond donors (Lipinski definition) is 1. The van der Waals surface area contributed by atoms with Gasteiger partial charge in [0.05, 0.1) is 6.20 Å². The fourth-order valence-corrected chi connectivity index (χ4v) is 4.09. The number of hydrogen-bond acceptors (Lipinski definition) is 4. The van der Waals surface area contributed by atoms with E-state index in [9.17, 15) is 8.42 Å². The third kappa shape index (κ3) is 3.41. The van der Waals surface area contributed by atoms with Crippen LogP contribution >= 0.6 is 22.9 Å². The highest BCUT2D eigenvalue weighted by Crippen LogP contribution is 2.23. The molecule has 1 aromatic heterocycles. The van der Waals surface area contributed by atoms with Crippen LogP contribution in [0.5, 0.6) is 0 Å². The molecule has 0 aliphatic rings. The van der Waals surface area contributed by atoms with Gasteiger partial charge in [-0.2, -0.15) is 0 Å². The van der Waals surface area contributed by atoms with Gasteiger partial charge in [-0.1, -0.05) is 43.7 Å². The number of rotatable bonds is 5. The van der Waals surface area contributed by atoms with Crippen LogP contribution in [0.1, 0.15) is 27.2 Å². The third-order valence-corrected chi connectivity index (χ3v) is 5.34. The standard InChI is InChI=1S/C9H15ClN2O2S2/c1-4-7(6(2)3)12-16(13,14)8-5-11-9(10)15-8/h5-7,12H,4H2,1-3H3. The lowest BCUT2D eigenvalue weighted by atomic mass is 10.0. The monoisotopic (exact) mass is 282 g/mol. The predicted octanol–water partition coefficient (Wildman–Crippen LogP) is 2.51. The minimum absolute atomic E-state index is 0.0640. The summed E-state index contributed by atoms with van der Waals surface area (Å²) in [6, 6.07) is -0.0640. The van der Waals surface area contributed by atoms with Crippen molar-refractivity contribution in [1.82, 2.24) is 9.71 Å². The topological polar surface area (TPSA) is 59.1 Å². The lowest BCUT2D eigenvalue weighted by Crippen LogP contribution is -2.37. The van der Waals surface area contributed by atoms with Crippen LogP contribution < -0.4 is 4.72 Å². The Morgan fingerprint density at radius 2 is 2.19 bits per heavy atom. The first-order valence-electron chi connectivity index (χ1n) is 5.00. The van der Waals surface area contributed by atoms with Gasteiger partial charge in [0.1, 0.15) is 0 Å². The second kappa shape index (κ2) is 5.44. The number of halogens is 1. The van der Waals surface area contributed by atoms with E-state index in [1.807, 2.05) is 20.8 Å². The average Bonchev–Trinajstić information content (AvgIpc) is 2.61. The maximum absolute atomic E-state index is 11.9. The zero-order chi connectivity index (χ0) is 12.3. The molecule has 7 heteroatoms. The van der Waals surface area contributed by atoms with Crippen LogP contribution in [0.15, 0.2) is 10.4 Å². The van der Waals surface area contributed by atoms with Gasteiger partial charge in [-0.3, -0.25) is 0 Å². The quantitative estimate of drug-likeness (QED) is 0.903. The highest BCUT2D eigenvalue weighted by molar-refractivity contribution is 7.91. The molecule has 1 unspecified atom stereocenters. The van der Waals surface area contributed by atoms with Crippen LogP contribution in [0, 0.1) is 5.92 Å². The first kappa shape index (κ1) is 13.9. The summed E-state index contributed by atoms with van der Waals surface area (Å²) < 4.78 is 26.9. The molecule has 0 amide bonds. The highest BCUT2D eigenvalue weighted by Gasteiger charge is 2.23. The molecule has 4 nitrogen and oxygen atoms in total. The van der Waals surface area contributed by atoms with Gasteiger partial charge in [-0.25, -0.2) is 18.1 Å². The molecule has 0 radical (unpaired) electrons. The van der Waals surface area contributed by atoms with Crippen molar-refractivity contribution in [1.29, 1.82) is 0 Å². The van der Waals surface area contributed by atoms with E-state index < -0.39 is 10.0 Å². The molecule has 0 aliphatic carbocycles. The Morgan fingerprint density at radius 1 is 1.56 bits per heavy atom. The van der Waals surface area contributed by atoms with E-state index in [-0.39, 0.29) is 20.6 Å². The number of nitrogens with one attached hydrogen (secondary N) is 1. The Hall–Kier alpha value is -0.170. The highest BCUT2D eigenvalue weighted by atomic mass is 35.5. The normalized spacial score (nSPS) is 14.3. The maximum Gasteiger partial charge on any atom is 0.251 e. The summed E-state index contributed by atoms with van der Waals surface area (Å²) in [6.07, 6.45) is 2.03. The molecule has 0 saturated carbocycles. The van der Waals surface area contributed by atoms with Crippen LogP contribution in [0.4, 0.5) is 0 Å². The molecule has 0 aliphatic heterocycles. The molecule has 1 aromatic rings. The van der Waals surface area contributed by atoms with Crippen molar-refractivity contribution in [3.63, 3.8) is 0 Å². The second-order valence-electron chi connectivity index (χ2n) is 3.81. The Morgan fingerprint density at radius 3 is 2.56 bits per heavy atom. The van der Waals surface area contributed by atoms with E-state index in [1.165, 1.54) is 6.20 Å². The minimum Gasteiger partial charge on any atom is -0.232 e. The van der Waals surface area contributed by atoms with Gasteiger partial charge in [0.15, 0.2) is 8.68 Å². The summed E-state index contributed by atoms with van der Waals surface area (Å²) in [4.78, 5) is 3.73. The molecule has 0 spiro atoms.